The summed E-state index contributed by atoms with van der Waals surface area (Å²) in [6.07, 6.45) is 0.790. The van der Waals surface area contributed by atoms with Gasteiger partial charge in [-0.25, -0.2) is 0 Å². The highest BCUT2D eigenvalue weighted by atomic mass is 79.9. The number of nitrogens with zero attached hydrogens (tertiary/aromatic N) is 2. The van der Waals surface area contributed by atoms with Crippen molar-refractivity contribution in [3.05, 3.63) is 92.1 Å². The Morgan fingerprint density at radius 1 is 0.935 bits per heavy atom. The minimum Gasteiger partial charge on any atom is -0.332 e. The van der Waals surface area contributed by atoms with Crippen LogP contribution in [0, 0.1) is 6.92 Å². The molecule has 3 rings (SSSR count). The largest absolute Gasteiger partial charge is 0.332 e. The second-order valence-electron chi connectivity index (χ2n) is 7.50. The summed E-state index contributed by atoms with van der Waals surface area (Å²) in [5, 5.41) is 2.05. The lowest BCUT2D eigenvalue weighted by Crippen LogP contribution is -2.42. The van der Waals surface area contributed by atoms with Gasteiger partial charge in [-0.2, -0.15) is 0 Å². The number of thiophene rings is 1. The molecule has 0 aliphatic rings. The molecule has 0 saturated carbocycles. The summed E-state index contributed by atoms with van der Waals surface area (Å²) in [7, 11) is 0. The molecule has 3 aromatic rings. The Balaban J connectivity index is 1.79. The highest BCUT2D eigenvalue weighted by molar-refractivity contribution is 9.10. The molecule has 0 spiro atoms. The summed E-state index contributed by atoms with van der Waals surface area (Å²) in [6, 6.07) is 19.3. The first kappa shape index (κ1) is 23.2. The van der Waals surface area contributed by atoms with Crippen LogP contribution in [0.25, 0.3) is 0 Å². The van der Waals surface area contributed by atoms with Crippen LogP contribution in [0.4, 0.5) is 0 Å². The third-order valence-electron chi connectivity index (χ3n) is 5.07. The molecule has 2 amide bonds. The fourth-order valence-corrected chi connectivity index (χ4v) is 4.52. The van der Waals surface area contributed by atoms with Crippen LogP contribution in [0.3, 0.4) is 0 Å². The highest BCUT2D eigenvalue weighted by Crippen LogP contribution is 2.20. The molecule has 0 unspecified atom stereocenters. The van der Waals surface area contributed by atoms with Gasteiger partial charge in [0.25, 0.3) is 5.91 Å². The molecule has 1 heterocycles. The Kier molecular flexibility index (Phi) is 8.43. The lowest BCUT2D eigenvalue weighted by atomic mass is 10.1. The zero-order valence-corrected chi connectivity index (χ0v) is 20.3. The van der Waals surface area contributed by atoms with Crippen LogP contribution in [0.5, 0.6) is 0 Å². The molecule has 6 heteroatoms. The van der Waals surface area contributed by atoms with E-state index >= 15 is 0 Å². The molecule has 31 heavy (non-hydrogen) atoms. The van der Waals surface area contributed by atoms with Gasteiger partial charge < -0.3 is 9.80 Å². The van der Waals surface area contributed by atoms with E-state index in [2.05, 4.69) is 34.3 Å². The predicted octanol–water partition coefficient (Wildman–Crippen LogP) is 5.90. The van der Waals surface area contributed by atoms with Gasteiger partial charge in [0, 0.05) is 28.0 Å². The van der Waals surface area contributed by atoms with Crippen molar-refractivity contribution in [1.29, 1.82) is 0 Å². The summed E-state index contributed by atoms with van der Waals surface area (Å²) in [4.78, 5) is 31.1. The van der Waals surface area contributed by atoms with E-state index in [0.29, 0.717) is 25.2 Å². The average molecular weight is 499 g/mol. The Bertz CT molecular complexity index is 1000. The van der Waals surface area contributed by atoms with Gasteiger partial charge in [0.1, 0.15) is 6.54 Å². The van der Waals surface area contributed by atoms with E-state index < -0.39 is 0 Å². The number of hydrogen-bond donors (Lipinski definition) is 0. The van der Waals surface area contributed by atoms with Gasteiger partial charge in [0.2, 0.25) is 5.91 Å². The van der Waals surface area contributed by atoms with Crippen molar-refractivity contribution in [1.82, 2.24) is 9.80 Å². The number of aryl methyl sites for hydroxylation is 1. The summed E-state index contributed by atoms with van der Waals surface area (Å²) in [5.41, 5.74) is 2.85. The number of benzene rings is 2. The second kappa shape index (κ2) is 11.3. The standard InChI is InChI=1S/C25H27BrN2O2S/c1-3-14-27(25(30)21-9-11-22(26)12-10-21)18-24(29)28(16-20-7-5-4-6-8-20)17-23-19(2)13-15-31-23/h4-13,15H,3,14,16-18H2,1-2H3. The van der Waals surface area contributed by atoms with Crippen molar-refractivity contribution in [3.8, 4) is 0 Å². The summed E-state index contributed by atoms with van der Waals surface area (Å²) < 4.78 is 0.919. The van der Waals surface area contributed by atoms with Gasteiger partial charge in [0.15, 0.2) is 0 Å². The zero-order chi connectivity index (χ0) is 22.2. The molecule has 0 saturated heterocycles. The van der Waals surface area contributed by atoms with Gasteiger partial charge in [-0.05, 0) is 60.2 Å². The van der Waals surface area contributed by atoms with Gasteiger partial charge in [-0.1, -0.05) is 53.2 Å². The van der Waals surface area contributed by atoms with Crippen LogP contribution in [-0.2, 0) is 17.9 Å². The van der Waals surface area contributed by atoms with Crippen LogP contribution in [0.2, 0.25) is 0 Å². The number of amides is 2. The normalized spacial score (nSPS) is 10.7. The van der Waals surface area contributed by atoms with E-state index in [1.165, 1.54) is 10.4 Å². The van der Waals surface area contributed by atoms with Crippen LogP contribution in [0.15, 0.2) is 70.5 Å². The number of hydrogen-bond acceptors (Lipinski definition) is 3. The molecule has 0 radical (unpaired) electrons. The molecule has 1 aromatic heterocycles. The zero-order valence-electron chi connectivity index (χ0n) is 17.9. The van der Waals surface area contributed by atoms with Crippen molar-refractivity contribution < 1.29 is 9.59 Å². The van der Waals surface area contributed by atoms with E-state index in [9.17, 15) is 9.59 Å². The van der Waals surface area contributed by atoms with Crippen LogP contribution < -0.4 is 0 Å². The quantitative estimate of drug-likeness (QED) is 0.368. The van der Waals surface area contributed by atoms with Crippen molar-refractivity contribution >= 4 is 39.1 Å². The van der Waals surface area contributed by atoms with Crippen LogP contribution >= 0.6 is 27.3 Å². The van der Waals surface area contributed by atoms with Crippen molar-refractivity contribution in [2.75, 3.05) is 13.1 Å². The first-order valence-electron chi connectivity index (χ1n) is 10.4. The molecule has 162 valence electrons. The van der Waals surface area contributed by atoms with Crippen LogP contribution in [0.1, 0.15) is 39.7 Å². The smallest absolute Gasteiger partial charge is 0.254 e. The fourth-order valence-electron chi connectivity index (χ4n) is 3.34. The molecule has 0 N–H and O–H groups in total. The fraction of sp³-hybridized carbons (Fsp3) is 0.280. The molecule has 0 aliphatic heterocycles. The van der Waals surface area contributed by atoms with E-state index in [-0.39, 0.29) is 18.4 Å². The van der Waals surface area contributed by atoms with E-state index in [0.717, 1.165) is 16.5 Å². The topological polar surface area (TPSA) is 40.6 Å². The SMILES string of the molecule is CCCN(CC(=O)N(Cc1ccccc1)Cc1sccc1C)C(=O)c1ccc(Br)cc1. The molecule has 0 atom stereocenters. The number of rotatable bonds is 9. The van der Waals surface area contributed by atoms with Crippen molar-refractivity contribution in [3.63, 3.8) is 0 Å². The Morgan fingerprint density at radius 2 is 1.65 bits per heavy atom. The predicted molar refractivity (Wildman–Crippen MR) is 130 cm³/mol. The molecule has 0 bridgehead atoms. The third-order valence-corrected chi connectivity index (χ3v) is 6.61. The Morgan fingerprint density at radius 3 is 2.26 bits per heavy atom. The first-order valence-corrected chi connectivity index (χ1v) is 12.0. The lowest BCUT2D eigenvalue weighted by Gasteiger charge is -2.28. The number of halogens is 1. The Hall–Kier alpha value is -2.44. The monoisotopic (exact) mass is 498 g/mol. The highest BCUT2D eigenvalue weighted by Gasteiger charge is 2.23. The third kappa shape index (κ3) is 6.52. The summed E-state index contributed by atoms with van der Waals surface area (Å²) >= 11 is 5.06. The van der Waals surface area contributed by atoms with Gasteiger partial charge in [0.05, 0.1) is 6.54 Å². The van der Waals surface area contributed by atoms with Gasteiger partial charge in [-0.15, -0.1) is 11.3 Å². The summed E-state index contributed by atoms with van der Waals surface area (Å²) in [6.45, 7) is 5.76. The van der Waals surface area contributed by atoms with E-state index in [1.54, 1.807) is 28.4 Å². The lowest BCUT2D eigenvalue weighted by molar-refractivity contribution is -0.133. The molecular formula is C25H27BrN2O2S. The maximum atomic E-state index is 13.4. The molecule has 2 aromatic carbocycles. The molecular weight excluding hydrogens is 472 g/mol. The first-order chi connectivity index (χ1) is 15.0. The summed E-state index contributed by atoms with van der Waals surface area (Å²) in [5.74, 6) is -0.162. The maximum Gasteiger partial charge on any atom is 0.254 e. The van der Waals surface area contributed by atoms with E-state index in [1.807, 2.05) is 54.3 Å². The van der Waals surface area contributed by atoms with Crippen molar-refractivity contribution in [2.24, 2.45) is 0 Å². The van der Waals surface area contributed by atoms with Gasteiger partial charge in [-0.3, -0.25) is 9.59 Å². The van der Waals surface area contributed by atoms with Crippen molar-refractivity contribution in [2.45, 2.75) is 33.4 Å². The minimum atomic E-state index is -0.116. The molecule has 0 aliphatic carbocycles. The maximum absolute atomic E-state index is 13.4. The molecule has 4 nitrogen and oxygen atoms in total. The second-order valence-corrected chi connectivity index (χ2v) is 9.41. The van der Waals surface area contributed by atoms with Crippen LogP contribution in [-0.4, -0.2) is 34.7 Å². The number of carbonyl (C=O) groups excluding carboxylic acids is 2. The van der Waals surface area contributed by atoms with E-state index in [4.69, 9.17) is 0 Å². The molecule has 0 fully saturated rings. The average Bonchev–Trinajstić information content (AvgIpc) is 3.18. The minimum absolute atomic E-state index is 0.0458. The Labute approximate surface area is 196 Å². The van der Waals surface area contributed by atoms with Gasteiger partial charge >= 0.3 is 0 Å². The number of carbonyl (C=O) groups is 2.